The number of anilines is 2. The van der Waals surface area contributed by atoms with E-state index in [0.717, 1.165) is 35.8 Å². The summed E-state index contributed by atoms with van der Waals surface area (Å²) in [5.41, 5.74) is 3.20. The van der Waals surface area contributed by atoms with Gasteiger partial charge in [-0.25, -0.2) is 8.42 Å². The molecule has 3 aliphatic rings. The number of amidine groups is 1. The van der Waals surface area contributed by atoms with Gasteiger partial charge < -0.3 is 14.7 Å². The van der Waals surface area contributed by atoms with Crippen LogP contribution in [0.3, 0.4) is 0 Å². The molecular weight excluding hydrogens is 446 g/mol. The maximum absolute atomic E-state index is 13.2. The molecule has 0 N–H and O–H groups in total. The molecule has 0 aromatic heterocycles. The van der Waals surface area contributed by atoms with E-state index in [1.165, 1.54) is 11.8 Å². The van der Waals surface area contributed by atoms with Gasteiger partial charge in [0.1, 0.15) is 0 Å². The van der Waals surface area contributed by atoms with E-state index in [2.05, 4.69) is 15.4 Å². The number of rotatable bonds is 2. The van der Waals surface area contributed by atoms with Gasteiger partial charge in [0, 0.05) is 48.9 Å². The van der Waals surface area contributed by atoms with Gasteiger partial charge in [0.25, 0.3) is 15.9 Å². The maximum Gasteiger partial charge on any atom is 0.257 e. The molecule has 0 unspecified atom stereocenters. The van der Waals surface area contributed by atoms with Crippen molar-refractivity contribution in [3.05, 3.63) is 53.6 Å². The number of carbonyl (C=O) groups is 1. The second-order valence-corrected chi connectivity index (χ2v) is 10.7. The van der Waals surface area contributed by atoms with Crippen LogP contribution in [0, 0.1) is 11.3 Å². The third-order valence-electron chi connectivity index (χ3n) is 5.86. The molecule has 0 bridgehead atoms. The van der Waals surface area contributed by atoms with Gasteiger partial charge in [-0.05, 0) is 60.6 Å². The number of hydrogen-bond donors (Lipinski definition) is 0. The molecule has 0 atom stereocenters. The smallest absolute Gasteiger partial charge is 0.257 e. The first kappa shape index (κ1) is 20.8. The van der Waals surface area contributed by atoms with Crippen molar-refractivity contribution in [2.45, 2.75) is 11.3 Å². The van der Waals surface area contributed by atoms with Crippen molar-refractivity contribution in [2.75, 3.05) is 48.3 Å². The Kier molecular flexibility index (Phi) is 5.31. The van der Waals surface area contributed by atoms with E-state index in [-0.39, 0.29) is 11.7 Å². The lowest BCUT2D eigenvalue weighted by Gasteiger charge is -2.24. The Morgan fingerprint density at radius 1 is 1.03 bits per heavy atom. The summed E-state index contributed by atoms with van der Waals surface area (Å²) in [6.07, 6.45) is 0.855. The van der Waals surface area contributed by atoms with Gasteiger partial charge in [-0.15, -0.1) is 4.40 Å². The number of benzene rings is 2. The van der Waals surface area contributed by atoms with Crippen LogP contribution >= 0.6 is 11.8 Å². The van der Waals surface area contributed by atoms with Crippen LogP contribution in [0.5, 0.6) is 0 Å². The van der Waals surface area contributed by atoms with Crippen molar-refractivity contribution in [3.8, 4) is 6.07 Å². The van der Waals surface area contributed by atoms with E-state index < -0.39 is 10.0 Å². The highest BCUT2D eigenvalue weighted by Crippen LogP contribution is 2.42. The summed E-state index contributed by atoms with van der Waals surface area (Å²) < 4.78 is 27.5. The van der Waals surface area contributed by atoms with Crippen molar-refractivity contribution in [2.24, 2.45) is 4.40 Å². The van der Waals surface area contributed by atoms with E-state index >= 15 is 0 Å². The van der Waals surface area contributed by atoms with Crippen LogP contribution in [0.25, 0.3) is 0 Å². The van der Waals surface area contributed by atoms with Crippen molar-refractivity contribution in [1.29, 1.82) is 5.26 Å². The molecule has 0 saturated carbocycles. The third-order valence-corrected chi connectivity index (χ3v) is 8.17. The fourth-order valence-corrected chi connectivity index (χ4v) is 6.47. The zero-order valence-electron chi connectivity index (χ0n) is 17.3. The van der Waals surface area contributed by atoms with E-state index in [1.807, 2.05) is 52.3 Å². The number of hydrogen-bond acceptors (Lipinski definition) is 7. The molecule has 0 aliphatic carbocycles. The maximum atomic E-state index is 13.2. The lowest BCUT2D eigenvalue weighted by molar-refractivity contribution is 0.0767. The van der Waals surface area contributed by atoms with Crippen LogP contribution in [0.2, 0.25) is 0 Å². The number of amides is 1. The summed E-state index contributed by atoms with van der Waals surface area (Å²) >= 11 is 1.30. The summed E-state index contributed by atoms with van der Waals surface area (Å²) in [4.78, 5) is 20.1. The van der Waals surface area contributed by atoms with E-state index in [1.54, 1.807) is 0 Å². The minimum Gasteiger partial charge on any atom is -0.370 e. The average molecular weight is 468 g/mol. The molecular formula is C22H21N5O3S2. The summed E-state index contributed by atoms with van der Waals surface area (Å²) in [5, 5.41) is 9.45. The molecule has 3 heterocycles. The lowest BCUT2D eigenvalue weighted by Crippen LogP contribution is -2.35. The quantitative estimate of drug-likeness (QED) is 0.669. The van der Waals surface area contributed by atoms with Crippen LogP contribution in [0.15, 0.2) is 51.8 Å². The first-order chi connectivity index (χ1) is 15.4. The fourth-order valence-electron chi connectivity index (χ4n) is 4.17. The Bertz CT molecular complexity index is 1250. The fraction of sp³-hybridized carbons (Fsp3) is 0.318. The number of sulfonamides is 1. The van der Waals surface area contributed by atoms with Crippen LogP contribution in [-0.2, 0) is 10.0 Å². The Hall–Kier alpha value is -3.03. The Labute approximate surface area is 191 Å². The molecule has 2 aromatic carbocycles. The van der Waals surface area contributed by atoms with Crippen molar-refractivity contribution in [3.63, 3.8) is 0 Å². The molecule has 8 nitrogen and oxygen atoms in total. The summed E-state index contributed by atoms with van der Waals surface area (Å²) in [7, 11) is -3.40. The molecule has 2 aromatic rings. The predicted octanol–water partition coefficient (Wildman–Crippen LogP) is 2.52. The van der Waals surface area contributed by atoms with Crippen LogP contribution in [0.1, 0.15) is 22.3 Å². The Balaban J connectivity index is 1.30. The molecule has 1 fully saturated rings. The highest BCUT2D eigenvalue weighted by molar-refractivity contribution is 8.15. The first-order valence-electron chi connectivity index (χ1n) is 10.4. The van der Waals surface area contributed by atoms with Crippen LogP contribution in [-0.4, -0.2) is 62.9 Å². The molecule has 10 heteroatoms. The number of carbonyl (C=O) groups excluding carboxylic acids is 1. The molecule has 0 radical (unpaired) electrons. The van der Waals surface area contributed by atoms with Gasteiger partial charge in [-0.3, -0.25) is 4.79 Å². The van der Waals surface area contributed by atoms with E-state index in [0.29, 0.717) is 35.9 Å². The molecule has 0 spiro atoms. The van der Waals surface area contributed by atoms with Crippen molar-refractivity contribution in [1.82, 2.24) is 4.90 Å². The van der Waals surface area contributed by atoms with Crippen molar-refractivity contribution >= 4 is 44.2 Å². The predicted molar refractivity (Wildman–Crippen MR) is 125 cm³/mol. The van der Waals surface area contributed by atoms with Gasteiger partial charge in [0.05, 0.1) is 23.1 Å². The van der Waals surface area contributed by atoms with Crippen LogP contribution in [0.4, 0.5) is 11.4 Å². The summed E-state index contributed by atoms with van der Waals surface area (Å²) in [6, 6.07) is 15.2. The zero-order valence-corrected chi connectivity index (χ0v) is 18.9. The minimum atomic E-state index is -3.40. The van der Waals surface area contributed by atoms with Gasteiger partial charge >= 0.3 is 0 Å². The van der Waals surface area contributed by atoms with Gasteiger partial charge in [-0.1, -0.05) is 0 Å². The standard InChI is InChI=1S/C22H21N5O3S2/c23-15-16-2-5-18(6-3-16)25-8-1-9-26(11-10-25)21(28)17-4-7-19-20(14-17)31-22-24-32(29,30)13-12-27(19)22/h2-7,14H,1,8-13H2. The monoisotopic (exact) mass is 467 g/mol. The van der Waals surface area contributed by atoms with E-state index in [4.69, 9.17) is 5.26 Å². The van der Waals surface area contributed by atoms with Gasteiger partial charge in [-0.2, -0.15) is 5.26 Å². The molecule has 32 heavy (non-hydrogen) atoms. The van der Waals surface area contributed by atoms with E-state index in [9.17, 15) is 13.2 Å². The SMILES string of the molecule is N#Cc1ccc(N2CCCN(C(=O)c3ccc4c(c3)SC3=NS(=O)(=O)CCN34)CC2)cc1. The number of nitrogens with zero attached hydrogens (tertiary/aromatic N) is 5. The van der Waals surface area contributed by atoms with Crippen molar-refractivity contribution < 1.29 is 13.2 Å². The molecule has 1 amide bonds. The van der Waals surface area contributed by atoms with Gasteiger partial charge in [0.2, 0.25) is 0 Å². The Morgan fingerprint density at radius 3 is 2.62 bits per heavy atom. The zero-order chi connectivity index (χ0) is 22.3. The summed E-state index contributed by atoms with van der Waals surface area (Å²) in [6.45, 7) is 3.23. The number of fused-ring (bicyclic) bond motifs is 3. The second kappa shape index (κ2) is 8.15. The third kappa shape index (κ3) is 3.94. The summed E-state index contributed by atoms with van der Waals surface area (Å²) in [5.74, 6) is -0.0183. The normalized spacial score (nSPS) is 19.5. The molecule has 1 saturated heterocycles. The second-order valence-electron chi connectivity index (χ2n) is 7.89. The van der Waals surface area contributed by atoms with Gasteiger partial charge in [0.15, 0.2) is 5.17 Å². The molecule has 164 valence electrons. The lowest BCUT2D eigenvalue weighted by atomic mass is 10.1. The topological polar surface area (TPSA) is 97.1 Å². The largest absolute Gasteiger partial charge is 0.370 e. The Morgan fingerprint density at radius 2 is 1.84 bits per heavy atom. The highest BCUT2D eigenvalue weighted by atomic mass is 32.2. The molecule has 3 aliphatic heterocycles. The minimum absolute atomic E-state index is 0.000693. The number of thioether (sulfide) groups is 1. The molecule has 5 rings (SSSR count). The first-order valence-corrected chi connectivity index (χ1v) is 12.8. The van der Waals surface area contributed by atoms with Crippen LogP contribution < -0.4 is 9.80 Å². The highest BCUT2D eigenvalue weighted by Gasteiger charge is 2.34. The average Bonchev–Trinajstić information content (AvgIpc) is 2.96. The number of nitriles is 1.